The van der Waals surface area contributed by atoms with Crippen LogP contribution in [-0.4, -0.2) is 23.9 Å². The fourth-order valence-electron chi connectivity index (χ4n) is 2.84. The Labute approximate surface area is 128 Å². The van der Waals surface area contributed by atoms with E-state index in [1.54, 1.807) is 0 Å². The Morgan fingerprint density at radius 1 is 1.55 bits per heavy atom. The van der Waals surface area contributed by atoms with E-state index >= 15 is 0 Å². The van der Waals surface area contributed by atoms with Crippen molar-refractivity contribution in [3.05, 3.63) is 33.8 Å². The van der Waals surface area contributed by atoms with Crippen molar-refractivity contribution in [2.75, 3.05) is 13.1 Å². The summed E-state index contributed by atoms with van der Waals surface area (Å²) in [5.74, 6) is 5.73. The predicted molar refractivity (Wildman–Crippen MR) is 84.1 cm³/mol. The average Bonchev–Trinajstić information content (AvgIpc) is 2.88. The monoisotopic (exact) mass is 339 g/mol. The number of hydrogen-bond acceptors (Lipinski definition) is 3. The molecule has 5 heteroatoms. The van der Waals surface area contributed by atoms with Crippen LogP contribution in [0, 0.1) is 5.92 Å². The number of nitrogens with zero attached hydrogens (tertiary/aromatic N) is 1. The maximum absolute atomic E-state index is 11.5. The standard InChI is InChI=1S/C15H22BrN3O/c1-2-3-11-6-7-19(9-11)10-13-5-4-12(8-14(13)16)15(20)18-17/h4-5,8,11H,2-3,6-7,9-10,17H2,1H3,(H,18,20). The Morgan fingerprint density at radius 3 is 3.00 bits per heavy atom. The number of likely N-dealkylation sites (tertiary alicyclic amines) is 1. The molecule has 1 aliphatic heterocycles. The number of carbonyl (C=O) groups is 1. The molecule has 1 unspecified atom stereocenters. The molecular weight excluding hydrogens is 318 g/mol. The van der Waals surface area contributed by atoms with Crippen molar-refractivity contribution in [3.8, 4) is 0 Å². The molecule has 1 aromatic carbocycles. The molecule has 1 fully saturated rings. The third-order valence-electron chi connectivity index (χ3n) is 3.91. The van der Waals surface area contributed by atoms with E-state index in [0.717, 1.165) is 16.9 Å². The Kier molecular flexibility index (Phi) is 5.57. The summed E-state index contributed by atoms with van der Waals surface area (Å²) >= 11 is 3.55. The number of nitrogens with two attached hydrogens (primary N) is 1. The van der Waals surface area contributed by atoms with Gasteiger partial charge in [0.2, 0.25) is 0 Å². The third kappa shape index (κ3) is 3.81. The number of amides is 1. The maximum Gasteiger partial charge on any atom is 0.265 e. The highest BCUT2D eigenvalue weighted by molar-refractivity contribution is 9.10. The van der Waals surface area contributed by atoms with E-state index in [-0.39, 0.29) is 5.91 Å². The lowest BCUT2D eigenvalue weighted by Crippen LogP contribution is -2.30. The highest BCUT2D eigenvalue weighted by atomic mass is 79.9. The van der Waals surface area contributed by atoms with Crippen LogP contribution >= 0.6 is 15.9 Å². The summed E-state index contributed by atoms with van der Waals surface area (Å²) in [7, 11) is 0. The molecule has 1 aliphatic rings. The average molecular weight is 340 g/mol. The van der Waals surface area contributed by atoms with Gasteiger partial charge in [-0.25, -0.2) is 5.84 Å². The van der Waals surface area contributed by atoms with Crippen LogP contribution in [-0.2, 0) is 6.54 Å². The maximum atomic E-state index is 11.5. The number of halogens is 1. The molecule has 2 rings (SSSR count). The van der Waals surface area contributed by atoms with E-state index in [1.165, 1.54) is 37.9 Å². The fourth-order valence-corrected chi connectivity index (χ4v) is 3.35. The van der Waals surface area contributed by atoms with Crippen molar-refractivity contribution in [1.82, 2.24) is 10.3 Å². The lowest BCUT2D eigenvalue weighted by Gasteiger charge is -2.17. The zero-order valence-electron chi connectivity index (χ0n) is 11.9. The molecule has 0 saturated carbocycles. The second-order valence-corrected chi connectivity index (χ2v) is 6.31. The second kappa shape index (κ2) is 7.20. The molecule has 0 aromatic heterocycles. The van der Waals surface area contributed by atoms with Gasteiger partial charge in [-0.2, -0.15) is 0 Å². The Hall–Kier alpha value is -0.910. The fraction of sp³-hybridized carbons (Fsp3) is 0.533. The van der Waals surface area contributed by atoms with Crippen LogP contribution in [0.1, 0.15) is 42.1 Å². The minimum atomic E-state index is -0.263. The minimum absolute atomic E-state index is 0.263. The number of nitrogen functional groups attached to an aromatic ring is 1. The predicted octanol–water partition coefficient (Wildman–Crippen LogP) is 2.67. The molecule has 20 heavy (non-hydrogen) atoms. The van der Waals surface area contributed by atoms with Gasteiger partial charge in [-0.3, -0.25) is 15.1 Å². The summed E-state index contributed by atoms with van der Waals surface area (Å²) in [4.78, 5) is 14.0. The Balaban J connectivity index is 1.98. The quantitative estimate of drug-likeness (QED) is 0.492. The first-order valence-electron chi connectivity index (χ1n) is 7.15. The first kappa shape index (κ1) is 15.5. The van der Waals surface area contributed by atoms with Crippen LogP contribution in [0.4, 0.5) is 0 Å². The smallest absolute Gasteiger partial charge is 0.265 e. The van der Waals surface area contributed by atoms with Crippen molar-refractivity contribution in [1.29, 1.82) is 0 Å². The number of nitrogens with one attached hydrogen (secondary N) is 1. The summed E-state index contributed by atoms with van der Waals surface area (Å²) in [6.07, 6.45) is 3.90. The molecule has 0 aliphatic carbocycles. The Morgan fingerprint density at radius 2 is 2.35 bits per heavy atom. The van der Waals surface area contributed by atoms with Crippen LogP contribution in [0.15, 0.2) is 22.7 Å². The van der Waals surface area contributed by atoms with Crippen molar-refractivity contribution in [2.45, 2.75) is 32.7 Å². The lowest BCUT2D eigenvalue weighted by atomic mass is 10.0. The molecule has 0 radical (unpaired) electrons. The zero-order valence-corrected chi connectivity index (χ0v) is 13.4. The van der Waals surface area contributed by atoms with Gasteiger partial charge in [-0.1, -0.05) is 35.3 Å². The van der Waals surface area contributed by atoms with Crippen molar-refractivity contribution >= 4 is 21.8 Å². The van der Waals surface area contributed by atoms with Gasteiger partial charge in [-0.05, 0) is 43.0 Å². The molecular formula is C15H22BrN3O. The molecule has 0 bridgehead atoms. The van der Waals surface area contributed by atoms with Gasteiger partial charge in [0.25, 0.3) is 5.91 Å². The summed E-state index contributed by atoms with van der Waals surface area (Å²) in [5, 5.41) is 0. The molecule has 1 aromatic rings. The SMILES string of the molecule is CCCC1CCN(Cc2ccc(C(=O)NN)cc2Br)C1. The highest BCUT2D eigenvalue weighted by Gasteiger charge is 2.22. The van der Waals surface area contributed by atoms with E-state index in [1.807, 2.05) is 18.2 Å². The van der Waals surface area contributed by atoms with Gasteiger partial charge in [0.15, 0.2) is 0 Å². The van der Waals surface area contributed by atoms with Gasteiger partial charge >= 0.3 is 0 Å². The van der Waals surface area contributed by atoms with Gasteiger partial charge < -0.3 is 0 Å². The molecule has 1 atom stereocenters. The van der Waals surface area contributed by atoms with E-state index in [9.17, 15) is 4.79 Å². The zero-order chi connectivity index (χ0) is 14.5. The van der Waals surface area contributed by atoms with Crippen LogP contribution in [0.2, 0.25) is 0 Å². The van der Waals surface area contributed by atoms with Crippen molar-refractivity contribution < 1.29 is 4.79 Å². The van der Waals surface area contributed by atoms with E-state index in [0.29, 0.717) is 5.56 Å². The van der Waals surface area contributed by atoms with E-state index < -0.39 is 0 Å². The number of carbonyl (C=O) groups excluding carboxylic acids is 1. The normalized spacial score (nSPS) is 19.2. The number of hydrazine groups is 1. The summed E-state index contributed by atoms with van der Waals surface area (Å²) in [6.45, 7) is 5.54. The minimum Gasteiger partial charge on any atom is -0.299 e. The Bertz CT molecular complexity index is 478. The number of benzene rings is 1. The molecule has 1 saturated heterocycles. The lowest BCUT2D eigenvalue weighted by molar-refractivity contribution is 0.0953. The summed E-state index contributed by atoms with van der Waals surface area (Å²) in [6, 6.07) is 5.65. The summed E-state index contributed by atoms with van der Waals surface area (Å²) < 4.78 is 0.970. The first-order chi connectivity index (χ1) is 9.63. The van der Waals surface area contributed by atoms with Crippen LogP contribution in [0.25, 0.3) is 0 Å². The highest BCUT2D eigenvalue weighted by Crippen LogP contribution is 2.25. The van der Waals surface area contributed by atoms with Gasteiger partial charge in [-0.15, -0.1) is 0 Å². The second-order valence-electron chi connectivity index (χ2n) is 5.46. The molecule has 1 amide bonds. The van der Waals surface area contributed by atoms with Crippen molar-refractivity contribution in [3.63, 3.8) is 0 Å². The third-order valence-corrected chi connectivity index (χ3v) is 4.65. The van der Waals surface area contributed by atoms with Gasteiger partial charge in [0, 0.05) is 23.1 Å². The molecule has 1 heterocycles. The topological polar surface area (TPSA) is 58.4 Å². The van der Waals surface area contributed by atoms with Gasteiger partial charge in [0.1, 0.15) is 0 Å². The molecule has 4 nitrogen and oxygen atoms in total. The van der Waals surface area contributed by atoms with E-state index in [4.69, 9.17) is 5.84 Å². The molecule has 3 N–H and O–H groups in total. The largest absolute Gasteiger partial charge is 0.299 e. The van der Waals surface area contributed by atoms with E-state index in [2.05, 4.69) is 33.2 Å². The number of hydrogen-bond donors (Lipinski definition) is 2. The van der Waals surface area contributed by atoms with Crippen LogP contribution < -0.4 is 11.3 Å². The van der Waals surface area contributed by atoms with Crippen molar-refractivity contribution in [2.24, 2.45) is 11.8 Å². The van der Waals surface area contributed by atoms with Crippen LogP contribution in [0.5, 0.6) is 0 Å². The molecule has 0 spiro atoms. The summed E-state index contributed by atoms with van der Waals surface area (Å²) in [5.41, 5.74) is 3.95. The van der Waals surface area contributed by atoms with Crippen LogP contribution in [0.3, 0.4) is 0 Å². The molecule has 110 valence electrons. The first-order valence-corrected chi connectivity index (χ1v) is 7.95. The van der Waals surface area contributed by atoms with Gasteiger partial charge in [0.05, 0.1) is 0 Å². The number of rotatable bonds is 5.